The van der Waals surface area contributed by atoms with E-state index in [9.17, 15) is 4.79 Å². The first-order valence-electron chi connectivity index (χ1n) is 4.77. The Morgan fingerprint density at radius 2 is 2.20 bits per heavy atom. The van der Waals surface area contributed by atoms with Crippen LogP contribution in [0.3, 0.4) is 0 Å². The van der Waals surface area contributed by atoms with Gasteiger partial charge in [0.05, 0.1) is 18.3 Å². The predicted octanol–water partition coefficient (Wildman–Crippen LogP) is 1.23. The van der Waals surface area contributed by atoms with Crippen LogP contribution in [0.15, 0.2) is 0 Å². The Bertz CT molecular complexity index is 350. The van der Waals surface area contributed by atoms with E-state index in [0.29, 0.717) is 11.0 Å². The van der Waals surface area contributed by atoms with E-state index in [2.05, 4.69) is 14.1 Å². The molecule has 0 radical (unpaired) electrons. The largest absolute Gasteiger partial charge is 0.358 e. The summed E-state index contributed by atoms with van der Waals surface area (Å²) in [6, 6.07) is 0. The molecule has 0 aromatic carbocycles. The Morgan fingerprint density at radius 3 is 2.80 bits per heavy atom. The van der Waals surface area contributed by atoms with E-state index in [0.717, 1.165) is 37.7 Å². The van der Waals surface area contributed by atoms with Crippen molar-refractivity contribution >= 4 is 35.1 Å². The third-order valence-electron chi connectivity index (χ3n) is 2.31. The van der Waals surface area contributed by atoms with Gasteiger partial charge < -0.3 is 10.2 Å². The van der Waals surface area contributed by atoms with Gasteiger partial charge in [-0.1, -0.05) is 11.6 Å². The molecule has 0 bridgehead atoms. The molecule has 1 aromatic rings. The van der Waals surface area contributed by atoms with Crippen LogP contribution >= 0.6 is 23.3 Å². The summed E-state index contributed by atoms with van der Waals surface area (Å²) in [5.41, 5.74) is 0. The zero-order valence-corrected chi connectivity index (χ0v) is 9.64. The fraction of sp³-hybridized carbons (Fsp3) is 0.625. The van der Waals surface area contributed by atoms with E-state index in [-0.39, 0.29) is 12.5 Å². The fourth-order valence-electron chi connectivity index (χ4n) is 1.52. The molecule has 1 N–H and O–H groups in total. The lowest BCUT2D eigenvalue weighted by molar-refractivity contribution is -0.128. The molecule has 0 spiro atoms. The van der Waals surface area contributed by atoms with E-state index in [1.54, 1.807) is 0 Å². The third kappa shape index (κ3) is 2.57. The minimum Gasteiger partial charge on any atom is -0.358 e. The van der Waals surface area contributed by atoms with Crippen LogP contribution in [-0.4, -0.2) is 39.2 Å². The minimum absolute atomic E-state index is 0.0940. The number of nitrogens with one attached hydrogen (secondary N) is 1. The van der Waals surface area contributed by atoms with Crippen molar-refractivity contribution in [3.63, 3.8) is 0 Å². The van der Waals surface area contributed by atoms with Crippen molar-refractivity contribution in [1.29, 1.82) is 0 Å². The number of nitrogens with zero attached hydrogens (tertiary/aromatic N) is 3. The zero-order chi connectivity index (χ0) is 10.7. The molecule has 7 heteroatoms. The summed E-state index contributed by atoms with van der Waals surface area (Å²) in [4.78, 5) is 13.5. The number of hydrogen-bond acceptors (Lipinski definition) is 5. The Balaban J connectivity index is 1.83. The van der Waals surface area contributed by atoms with Gasteiger partial charge in [0.15, 0.2) is 11.0 Å². The van der Waals surface area contributed by atoms with E-state index >= 15 is 0 Å². The van der Waals surface area contributed by atoms with Gasteiger partial charge in [-0.25, -0.2) is 0 Å². The molecule has 1 aliphatic rings. The maximum atomic E-state index is 11.6. The minimum atomic E-state index is 0.0940. The van der Waals surface area contributed by atoms with E-state index in [1.807, 2.05) is 4.90 Å². The first kappa shape index (κ1) is 10.6. The number of hydrogen-bond donors (Lipinski definition) is 1. The van der Waals surface area contributed by atoms with Gasteiger partial charge >= 0.3 is 0 Å². The number of likely N-dealkylation sites (tertiary alicyclic amines) is 1. The first-order valence-corrected chi connectivity index (χ1v) is 5.88. The highest BCUT2D eigenvalue weighted by Crippen LogP contribution is 2.17. The molecule has 1 aromatic heterocycles. The summed E-state index contributed by atoms with van der Waals surface area (Å²) in [6.07, 6.45) is 2.20. The van der Waals surface area contributed by atoms with Crippen LogP contribution < -0.4 is 5.32 Å². The Labute approximate surface area is 96.8 Å². The second-order valence-corrected chi connectivity index (χ2v) is 4.23. The van der Waals surface area contributed by atoms with Gasteiger partial charge in [0, 0.05) is 13.1 Å². The molecule has 1 aliphatic heterocycles. The van der Waals surface area contributed by atoms with E-state index < -0.39 is 0 Å². The number of carbonyl (C=O) groups excluding carboxylic acids is 1. The van der Waals surface area contributed by atoms with Crippen molar-refractivity contribution in [2.75, 3.05) is 25.0 Å². The summed E-state index contributed by atoms with van der Waals surface area (Å²) < 4.78 is 7.73. The van der Waals surface area contributed by atoms with Gasteiger partial charge in [-0.3, -0.25) is 4.79 Å². The monoisotopic (exact) mass is 246 g/mol. The Kier molecular flexibility index (Phi) is 3.37. The van der Waals surface area contributed by atoms with Gasteiger partial charge in [-0.15, -0.1) is 0 Å². The molecule has 82 valence electrons. The van der Waals surface area contributed by atoms with Crippen LogP contribution in [0.4, 0.5) is 5.82 Å². The summed E-state index contributed by atoms with van der Waals surface area (Å²) in [5, 5.41) is 3.21. The fourth-order valence-corrected chi connectivity index (χ4v) is 2.20. The molecular formula is C8H11ClN4OS. The van der Waals surface area contributed by atoms with Crippen molar-refractivity contribution < 1.29 is 4.79 Å². The molecule has 0 saturated carbocycles. The molecule has 15 heavy (non-hydrogen) atoms. The average molecular weight is 247 g/mol. The van der Waals surface area contributed by atoms with E-state index in [4.69, 9.17) is 11.6 Å². The van der Waals surface area contributed by atoms with Crippen LogP contribution in [0.2, 0.25) is 5.15 Å². The second kappa shape index (κ2) is 4.76. The van der Waals surface area contributed by atoms with Crippen molar-refractivity contribution in [2.24, 2.45) is 0 Å². The lowest BCUT2D eigenvalue weighted by atomic mass is 10.4. The Morgan fingerprint density at radius 1 is 1.47 bits per heavy atom. The average Bonchev–Trinajstić information content (AvgIpc) is 2.85. The van der Waals surface area contributed by atoms with Crippen LogP contribution in [0.25, 0.3) is 0 Å². The Hall–Kier alpha value is -0.880. The maximum absolute atomic E-state index is 11.6. The van der Waals surface area contributed by atoms with Gasteiger partial charge in [0.25, 0.3) is 0 Å². The van der Waals surface area contributed by atoms with Crippen molar-refractivity contribution in [3.05, 3.63) is 5.15 Å². The van der Waals surface area contributed by atoms with Crippen molar-refractivity contribution in [1.82, 2.24) is 13.6 Å². The quantitative estimate of drug-likeness (QED) is 0.872. The number of rotatable bonds is 3. The van der Waals surface area contributed by atoms with Gasteiger partial charge in [0.1, 0.15) is 0 Å². The number of aromatic nitrogens is 2. The summed E-state index contributed by atoms with van der Waals surface area (Å²) in [6.45, 7) is 1.97. The summed E-state index contributed by atoms with van der Waals surface area (Å²) in [5.74, 6) is 0.589. The number of halogens is 1. The highest BCUT2D eigenvalue weighted by Gasteiger charge is 2.18. The van der Waals surface area contributed by atoms with Gasteiger partial charge in [0.2, 0.25) is 5.91 Å². The summed E-state index contributed by atoms with van der Waals surface area (Å²) in [7, 11) is 0. The topological polar surface area (TPSA) is 58.1 Å². The molecule has 1 fully saturated rings. The zero-order valence-electron chi connectivity index (χ0n) is 8.07. The highest BCUT2D eigenvalue weighted by atomic mass is 35.5. The van der Waals surface area contributed by atoms with Gasteiger partial charge in [-0.05, 0) is 12.8 Å². The number of amides is 1. The molecule has 5 nitrogen and oxygen atoms in total. The number of carbonyl (C=O) groups is 1. The lowest BCUT2D eigenvalue weighted by Gasteiger charge is -2.14. The third-order valence-corrected chi connectivity index (χ3v) is 3.21. The number of anilines is 1. The molecule has 0 aliphatic carbocycles. The van der Waals surface area contributed by atoms with Crippen LogP contribution in [0, 0.1) is 0 Å². The molecule has 0 unspecified atom stereocenters. The standard InChI is InChI=1S/C8H11ClN4OS/c9-7-8(12-15-11-7)10-5-6(14)13-3-1-2-4-13/h1-5H2,(H,10,12). The SMILES string of the molecule is O=C(CNc1nsnc1Cl)N1CCCC1. The molecule has 1 amide bonds. The molecule has 1 saturated heterocycles. The van der Waals surface area contributed by atoms with Crippen LogP contribution in [0.1, 0.15) is 12.8 Å². The van der Waals surface area contributed by atoms with Crippen LogP contribution in [-0.2, 0) is 4.79 Å². The molecule has 0 atom stereocenters. The predicted molar refractivity (Wildman–Crippen MR) is 59.2 cm³/mol. The molecular weight excluding hydrogens is 236 g/mol. The smallest absolute Gasteiger partial charge is 0.241 e. The van der Waals surface area contributed by atoms with Crippen molar-refractivity contribution in [3.8, 4) is 0 Å². The first-order chi connectivity index (χ1) is 7.27. The molecule has 2 heterocycles. The molecule has 2 rings (SSSR count). The van der Waals surface area contributed by atoms with Crippen molar-refractivity contribution in [2.45, 2.75) is 12.8 Å². The lowest BCUT2D eigenvalue weighted by Crippen LogP contribution is -2.33. The van der Waals surface area contributed by atoms with Gasteiger partial charge in [-0.2, -0.15) is 8.75 Å². The van der Waals surface area contributed by atoms with E-state index in [1.165, 1.54) is 0 Å². The van der Waals surface area contributed by atoms with Crippen LogP contribution in [0.5, 0.6) is 0 Å². The highest BCUT2D eigenvalue weighted by molar-refractivity contribution is 6.99. The second-order valence-electron chi connectivity index (χ2n) is 3.35. The maximum Gasteiger partial charge on any atom is 0.241 e. The normalized spacial score (nSPS) is 15.7. The summed E-state index contributed by atoms with van der Waals surface area (Å²) >= 11 is 6.76.